The molecule has 3 fully saturated rings. The summed E-state index contributed by atoms with van der Waals surface area (Å²) in [4.78, 5) is 67.3. The number of nitrogens with two attached hydrogens (primary N) is 1. The summed E-state index contributed by atoms with van der Waals surface area (Å²) in [5.41, 5.74) is 6.37. The van der Waals surface area contributed by atoms with Crippen LogP contribution < -0.4 is 16.4 Å². The van der Waals surface area contributed by atoms with Gasteiger partial charge >= 0.3 is 0 Å². The van der Waals surface area contributed by atoms with E-state index in [0.717, 1.165) is 10.5 Å². The van der Waals surface area contributed by atoms with Gasteiger partial charge in [0.15, 0.2) is 0 Å². The standard InChI is InChI=1S/C22H26N6O5/c23-21(33)22(11-24-12-22)27-8-6-26(7-9-27)10-13-2-1-3-14-17(13)20(32)28(19(14)31)15-4-5-16(29)25-18(15)30/h1-3,15,24H,4-12H2,(H2,23,33)(H,25,29,30). The fourth-order valence-corrected chi connectivity index (χ4v) is 5.21. The normalized spacial score (nSPS) is 25.6. The molecular formula is C22H26N6O5. The molecule has 1 aromatic carbocycles. The number of carbonyl (C=O) groups is 5. The van der Waals surface area contributed by atoms with Crippen molar-refractivity contribution in [3.63, 3.8) is 0 Å². The molecule has 0 aliphatic carbocycles. The number of piperazine rings is 1. The minimum absolute atomic E-state index is 0.0866. The maximum atomic E-state index is 13.3. The second kappa shape index (κ2) is 8.01. The molecule has 0 bridgehead atoms. The lowest BCUT2D eigenvalue weighted by molar-refractivity contribution is -0.137. The van der Waals surface area contributed by atoms with Gasteiger partial charge in [-0.2, -0.15) is 0 Å². The van der Waals surface area contributed by atoms with Crippen LogP contribution in [0.25, 0.3) is 0 Å². The van der Waals surface area contributed by atoms with Crippen molar-refractivity contribution in [1.82, 2.24) is 25.3 Å². The third-order valence-corrected chi connectivity index (χ3v) is 7.22. The van der Waals surface area contributed by atoms with E-state index >= 15 is 0 Å². The zero-order chi connectivity index (χ0) is 23.3. The fourth-order valence-electron chi connectivity index (χ4n) is 5.21. The molecule has 3 saturated heterocycles. The molecule has 0 radical (unpaired) electrons. The van der Waals surface area contributed by atoms with Gasteiger partial charge in [0.2, 0.25) is 17.7 Å². The molecule has 11 nitrogen and oxygen atoms in total. The van der Waals surface area contributed by atoms with E-state index in [2.05, 4.69) is 20.4 Å². The van der Waals surface area contributed by atoms with Gasteiger partial charge in [0.25, 0.3) is 11.8 Å². The van der Waals surface area contributed by atoms with E-state index in [1.807, 2.05) is 6.07 Å². The van der Waals surface area contributed by atoms with Gasteiger partial charge in [-0.05, 0) is 18.1 Å². The molecule has 11 heteroatoms. The van der Waals surface area contributed by atoms with E-state index < -0.39 is 35.2 Å². The first kappa shape index (κ1) is 21.7. The molecule has 1 aromatic rings. The van der Waals surface area contributed by atoms with Crippen LogP contribution in [-0.4, -0.2) is 95.1 Å². The summed E-state index contributed by atoms with van der Waals surface area (Å²) < 4.78 is 0. The Hall–Kier alpha value is -3.15. The minimum Gasteiger partial charge on any atom is -0.368 e. The van der Waals surface area contributed by atoms with Crippen molar-refractivity contribution in [3.8, 4) is 0 Å². The molecule has 1 atom stereocenters. The van der Waals surface area contributed by atoms with E-state index in [0.29, 0.717) is 51.4 Å². The van der Waals surface area contributed by atoms with Crippen molar-refractivity contribution >= 4 is 29.5 Å². The minimum atomic E-state index is -0.979. The van der Waals surface area contributed by atoms with E-state index in [1.54, 1.807) is 12.1 Å². The zero-order valence-electron chi connectivity index (χ0n) is 18.1. The van der Waals surface area contributed by atoms with Crippen LogP contribution in [0.3, 0.4) is 0 Å². The Morgan fingerprint density at radius 2 is 1.79 bits per heavy atom. The first-order valence-electron chi connectivity index (χ1n) is 11.1. The molecule has 0 aromatic heterocycles. The fraction of sp³-hybridized carbons (Fsp3) is 0.500. The van der Waals surface area contributed by atoms with Crippen molar-refractivity contribution in [1.29, 1.82) is 0 Å². The third kappa shape index (κ3) is 3.43. The van der Waals surface area contributed by atoms with Crippen LogP contribution in [0, 0.1) is 0 Å². The average molecular weight is 454 g/mol. The predicted molar refractivity (Wildman–Crippen MR) is 115 cm³/mol. The molecule has 4 aliphatic rings. The van der Waals surface area contributed by atoms with Crippen LogP contribution in [0.5, 0.6) is 0 Å². The second-order valence-corrected chi connectivity index (χ2v) is 9.05. The number of primary amides is 1. The van der Waals surface area contributed by atoms with Crippen LogP contribution in [-0.2, 0) is 20.9 Å². The summed E-state index contributed by atoms with van der Waals surface area (Å²) in [7, 11) is 0. The highest BCUT2D eigenvalue weighted by atomic mass is 16.2. The molecule has 174 valence electrons. The molecule has 4 heterocycles. The Bertz CT molecular complexity index is 1060. The monoisotopic (exact) mass is 454 g/mol. The van der Waals surface area contributed by atoms with Gasteiger partial charge in [0, 0.05) is 52.2 Å². The van der Waals surface area contributed by atoms with Crippen LogP contribution in [0.15, 0.2) is 18.2 Å². The molecular weight excluding hydrogens is 428 g/mol. The number of hydrogen-bond donors (Lipinski definition) is 3. The number of amides is 5. The van der Waals surface area contributed by atoms with Gasteiger partial charge in [0.1, 0.15) is 11.6 Å². The van der Waals surface area contributed by atoms with Crippen molar-refractivity contribution < 1.29 is 24.0 Å². The molecule has 5 rings (SSSR count). The van der Waals surface area contributed by atoms with Crippen LogP contribution in [0.2, 0.25) is 0 Å². The SMILES string of the molecule is NC(=O)C1(N2CCN(Cc3cccc4c3C(=O)N(C3CCC(=O)NC3=O)C4=O)CC2)CNC1. The predicted octanol–water partition coefficient (Wildman–Crippen LogP) is -1.97. The lowest BCUT2D eigenvalue weighted by Crippen LogP contribution is -2.76. The lowest BCUT2D eigenvalue weighted by Gasteiger charge is -2.51. The number of carbonyl (C=O) groups excluding carboxylic acids is 5. The molecule has 0 spiro atoms. The third-order valence-electron chi connectivity index (χ3n) is 7.22. The highest BCUT2D eigenvalue weighted by molar-refractivity contribution is 6.24. The van der Waals surface area contributed by atoms with Gasteiger partial charge < -0.3 is 11.1 Å². The molecule has 4 aliphatic heterocycles. The average Bonchev–Trinajstić information content (AvgIpc) is 3.00. The van der Waals surface area contributed by atoms with Crippen LogP contribution in [0.4, 0.5) is 0 Å². The Morgan fingerprint density at radius 3 is 2.39 bits per heavy atom. The number of nitrogens with one attached hydrogen (secondary N) is 2. The quantitative estimate of drug-likeness (QED) is 0.435. The first-order chi connectivity index (χ1) is 15.8. The first-order valence-corrected chi connectivity index (χ1v) is 11.1. The maximum Gasteiger partial charge on any atom is 0.262 e. The van der Waals surface area contributed by atoms with Gasteiger partial charge in [-0.15, -0.1) is 0 Å². The van der Waals surface area contributed by atoms with Crippen LogP contribution >= 0.6 is 0 Å². The highest BCUT2D eigenvalue weighted by Gasteiger charge is 2.49. The second-order valence-electron chi connectivity index (χ2n) is 9.05. The number of imide groups is 2. The summed E-state index contributed by atoms with van der Waals surface area (Å²) in [5, 5.41) is 5.34. The summed E-state index contributed by atoms with van der Waals surface area (Å²) in [6, 6.07) is 4.19. The highest BCUT2D eigenvalue weighted by Crippen LogP contribution is 2.31. The van der Waals surface area contributed by atoms with Crippen molar-refractivity contribution in [2.45, 2.75) is 31.0 Å². The summed E-state index contributed by atoms with van der Waals surface area (Å²) in [6.07, 6.45) is 0.215. The Morgan fingerprint density at radius 1 is 1.06 bits per heavy atom. The van der Waals surface area contributed by atoms with E-state index in [9.17, 15) is 24.0 Å². The van der Waals surface area contributed by atoms with Crippen molar-refractivity contribution in [2.75, 3.05) is 39.3 Å². The molecule has 0 saturated carbocycles. The Labute approximate surface area is 190 Å². The molecule has 5 amide bonds. The number of benzene rings is 1. The number of nitrogens with zero attached hydrogens (tertiary/aromatic N) is 3. The van der Waals surface area contributed by atoms with Crippen molar-refractivity contribution in [3.05, 3.63) is 34.9 Å². The van der Waals surface area contributed by atoms with Gasteiger partial charge in [0.05, 0.1) is 11.1 Å². The largest absolute Gasteiger partial charge is 0.368 e. The van der Waals surface area contributed by atoms with E-state index in [4.69, 9.17) is 5.73 Å². The number of fused-ring (bicyclic) bond motifs is 1. The van der Waals surface area contributed by atoms with Crippen molar-refractivity contribution in [2.24, 2.45) is 5.73 Å². The topological polar surface area (TPSA) is 145 Å². The Balaban J connectivity index is 1.31. The van der Waals surface area contributed by atoms with Gasteiger partial charge in [-0.1, -0.05) is 12.1 Å². The van der Waals surface area contributed by atoms with Crippen LogP contribution in [0.1, 0.15) is 39.1 Å². The maximum absolute atomic E-state index is 13.3. The Kier molecular flexibility index (Phi) is 5.26. The summed E-state index contributed by atoms with van der Waals surface area (Å²) in [6.45, 7) is 4.32. The van der Waals surface area contributed by atoms with Gasteiger partial charge in [-0.25, -0.2) is 0 Å². The smallest absolute Gasteiger partial charge is 0.262 e. The van der Waals surface area contributed by atoms with E-state index in [-0.39, 0.29) is 24.3 Å². The number of hydrogen-bond acceptors (Lipinski definition) is 8. The summed E-state index contributed by atoms with van der Waals surface area (Å²) >= 11 is 0. The molecule has 1 unspecified atom stereocenters. The zero-order valence-corrected chi connectivity index (χ0v) is 18.1. The molecule has 4 N–H and O–H groups in total. The molecule has 33 heavy (non-hydrogen) atoms. The van der Waals surface area contributed by atoms with E-state index in [1.165, 1.54) is 0 Å². The van der Waals surface area contributed by atoms with Gasteiger partial charge in [-0.3, -0.25) is 44.0 Å². The summed E-state index contributed by atoms with van der Waals surface area (Å²) in [5.74, 6) is -2.33. The lowest BCUT2D eigenvalue weighted by atomic mass is 9.88. The number of rotatable bonds is 5. The number of piperidine rings is 1.